The van der Waals surface area contributed by atoms with Gasteiger partial charge in [0.25, 0.3) is 0 Å². The van der Waals surface area contributed by atoms with Crippen molar-refractivity contribution in [2.45, 2.75) is 43.5 Å². The molecule has 1 aromatic carbocycles. The van der Waals surface area contributed by atoms with Gasteiger partial charge in [-0.05, 0) is 50.4 Å². The molecule has 122 valence electrons. The van der Waals surface area contributed by atoms with Crippen molar-refractivity contribution in [2.75, 3.05) is 13.1 Å². The lowest BCUT2D eigenvalue weighted by Crippen LogP contribution is -2.44. The van der Waals surface area contributed by atoms with E-state index in [-0.39, 0.29) is 23.3 Å². The molecule has 2 rings (SSSR count). The highest BCUT2D eigenvalue weighted by Crippen LogP contribution is 2.28. The van der Waals surface area contributed by atoms with Crippen LogP contribution in [0.15, 0.2) is 23.1 Å². The van der Waals surface area contributed by atoms with E-state index in [1.165, 1.54) is 6.07 Å². The minimum Gasteiger partial charge on any atom is -0.330 e. The van der Waals surface area contributed by atoms with Gasteiger partial charge in [-0.1, -0.05) is 12.5 Å². The summed E-state index contributed by atoms with van der Waals surface area (Å²) in [5.41, 5.74) is 6.65. The monoisotopic (exact) mass is 343 g/mol. The summed E-state index contributed by atoms with van der Waals surface area (Å²) in [5.74, 6) is 0. The second kappa shape index (κ2) is 7.93. The maximum absolute atomic E-state index is 12.9. The Balaban J connectivity index is 0.00000242. The molecule has 1 saturated heterocycles. The van der Waals surface area contributed by atoms with Crippen molar-refractivity contribution in [2.24, 2.45) is 5.73 Å². The van der Waals surface area contributed by atoms with E-state index in [4.69, 9.17) is 11.0 Å². The van der Waals surface area contributed by atoms with E-state index in [9.17, 15) is 8.42 Å². The highest BCUT2D eigenvalue weighted by Gasteiger charge is 2.33. The Bertz CT molecular complexity index is 653. The van der Waals surface area contributed by atoms with Gasteiger partial charge in [-0.2, -0.15) is 9.57 Å². The number of benzene rings is 1. The Morgan fingerprint density at radius 1 is 1.41 bits per heavy atom. The van der Waals surface area contributed by atoms with Gasteiger partial charge in [0, 0.05) is 12.6 Å². The molecule has 0 radical (unpaired) electrons. The summed E-state index contributed by atoms with van der Waals surface area (Å²) < 4.78 is 27.5. The van der Waals surface area contributed by atoms with Crippen LogP contribution in [0.5, 0.6) is 0 Å². The van der Waals surface area contributed by atoms with E-state index in [0.717, 1.165) is 19.3 Å². The molecule has 0 bridgehead atoms. The van der Waals surface area contributed by atoms with Gasteiger partial charge in [0.2, 0.25) is 10.0 Å². The molecule has 1 atom stereocenters. The lowest BCUT2D eigenvalue weighted by molar-refractivity contribution is 0.243. The summed E-state index contributed by atoms with van der Waals surface area (Å²) in [4.78, 5) is 0.241. The molecule has 0 aromatic heterocycles. The molecule has 2 N–H and O–H groups in total. The molecule has 1 aliphatic rings. The minimum absolute atomic E-state index is 0. The van der Waals surface area contributed by atoms with Crippen LogP contribution >= 0.6 is 12.4 Å². The molecule has 7 heteroatoms. The van der Waals surface area contributed by atoms with Gasteiger partial charge >= 0.3 is 0 Å². The van der Waals surface area contributed by atoms with Crippen LogP contribution in [0.3, 0.4) is 0 Å². The van der Waals surface area contributed by atoms with Gasteiger partial charge in [-0.25, -0.2) is 8.42 Å². The average molecular weight is 344 g/mol. The zero-order valence-corrected chi connectivity index (χ0v) is 14.3. The molecule has 1 heterocycles. The fraction of sp³-hybridized carbons (Fsp3) is 0.533. The van der Waals surface area contributed by atoms with Crippen LogP contribution in [0.25, 0.3) is 0 Å². The molecule has 1 fully saturated rings. The van der Waals surface area contributed by atoms with Crippen molar-refractivity contribution in [1.82, 2.24) is 4.31 Å². The quantitative estimate of drug-likeness (QED) is 0.907. The first-order valence-electron chi connectivity index (χ1n) is 7.23. The lowest BCUT2D eigenvalue weighted by Gasteiger charge is -2.34. The maximum atomic E-state index is 12.9. The van der Waals surface area contributed by atoms with Crippen molar-refractivity contribution in [3.63, 3.8) is 0 Å². The van der Waals surface area contributed by atoms with E-state index < -0.39 is 10.0 Å². The third-order valence-corrected chi connectivity index (χ3v) is 6.07. The van der Waals surface area contributed by atoms with Crippen molar-refractivity contribution in [3.05, 3.63) is 29.3 Å². The number of piperidine rings is 1. The molecular weight excluding hydrogens is 322 g/mol. The van der Waals surface area contributed by atoms with Crippen molar-refractivity contribution < 1.29 is 8.42 Å². The summed E-state index contributed by atoms with van der Waals surface area (Å²) in [7, 11) is -3.57. The van der Waals surface area contributed by atoms with E-state index in [0.29, 0.717) is 30.6 Å². The molecule has 1 unspecified atom stereocenters. The number of nitriles is 1. The summed E-state index contributed by atoms with van der Waals surface area (Å²) in [6.45, 7) is 2.77. The predicted molar refractivity (Wildman–Crippen MR) is 88.3 cm³/mol. The normalized spacial score (nSPS) is 19.2. The molecule has 0 aliphatic carbocycles. The Kier molecular flexibility index (Phi) is 6.82. The highest BCUT2D eigenvalue weighted by atomic mass is 35.5. The Hall–Kier alpha value is -1.13. The number of rotatable bonds is 4. The maximum Gasteiger partial charge on any atom is 0.243 e. The Morgan fingerprint density at radius 3 is 2.77 bits per heavy atom. The van der Waals surface area contributed by atoms with Gasteiger partial charge in [0.1, 0.15) is 0 Å². The van der Waals surface area contributed by atoms with Crippen LogP contribution in [0.1, 0.15) is 36.8 Å². The smallest absolute Gasteiger partial charge is 0.243 e. The Morgan fingerprint density at radius 2 is 2.14 bits per heavy atom. The van der Waals surface area contributed by atoms with Gasteiger partial charge in [0.15, 0.2) is 0 Å². The number of nitrogens with zero attached hydrogens (tertiary/aromatic N) is 2. The summed E-state index contributed by atoms with van der Waals surface area (Å²) in [6.07, 6.45) is 3.44. The van der Waals surface area contributed by atoms with E-state index in [1.54, 1.807) is 23.4 Å². The van der Waals surface area contributed by atoms with E-state index >= 15 is 0 Å². The third kappa shape index (κ3) is 3.79. The molecular formula is C15H22ClN3O2S. The standard InChI is InChI=1S/C15H21N3O2S.ClH/c1-12-5-6-13(11-17)10-15(12)21(19,20)18-9-3-2-4-14(18)7-8-16;/h5-6,10,14H,2-4,7-9,16H2,1H3;1H. The second-order valence-corrected chi connectivity index (χ2v) is 7.29. The Labute approximate surface area is 138 Å². The van der Waals surface area contributed by atoms with Crippen molar-refractivity contribution >= 4 is 22.4 Å². The SMILES string of the molecule is Cc1ccc(C#N)cc1S(=O)(=O)N1CCCCC1CCN.Cl. The molecule has 1 aromatic rings. The first-order valence-corrected chi connectivity index (χ1v) is 8.67. The summed E-state index contributed by atoms with van der Waals surface area (Å²) in [5, 5.41) is 8.99. The first-order chi connectivity index (χ1) is 10.0. The topological polar surface area (TPSA) is 87.2 Å². The lowest BCUT2D eigenvalue weighted by atomic mass is 10.0. The van der Waals surface area contributed by atoms with Crippen molar-refractivity contribution in [1.29, 1.82) is 5.26 Å². The number of sulfonamides is 1. The number of hydrogen-bond donors (Lipinski definition) is 1. The van der Waals surface area contributed by atoms with Gasteiger partial charge in [-0.15, -0.1) is 12.4 Å². The summed E-state index contributed by atoms with van der Waals surface area (Å²) >= 11 is 0. The highest BCUT2D eigenvalue weighted by molar-refractivity contribution is 7.89. The molecule has 0 amide bonds. The number of aryl methyl sites for hydroxylation is 1. The van der Waals surface area contributed by atoms with Crippen LogP contribution in [0, 0.1) is 18.3 Å². The van der Waals surface area contributed by atoms with Gasteiger partial charge in [0.05, 0.1) is 16.5 Å². The molecule has 1 aliphatic heterocycles. The second-order valence-electron chi connectivity index (χ2n) is 5.43. The fourth-order valence-electron chi connectivity index (χ4n) is 2.85. The third-order valence-electron chi connectivity index (χ3n) is 3.98. The van der Waals surface area contributed by atoms with E-state index in [1.807, 2.05) is 6.07 Å². The fourth-order valence-corrected chi connectivity index (χ4v) is 4.82. The van der Waals surface area contributed by atoms with Gasteiger partial charge < -0.3 is 5.73 Å². The van der Waals surface area contributed by atoms with Gasteiger partial charge in [-0.3, -0.25) is 0 Å². The number of halogens is 1. The van der Waals surface area contributed by atoms with E-state index in [2.05, 4.69) is 0 Å². The molecule has 0 saturated carbocycles. The molecule has 0 spiro atoms. The minimum atomic E-state index is -3.57. The van der Waals surface area contributed by atoms with Crippen molar-refractivity contribution in [3.8, 4) is 6.07 Å². The average Bonchev–Trinajstić information content (AvgIpc) is 2.48. The largest absolute Gasteiger partial charge is 0.330 e. The molecule has 5 nitrogen and oxygen atoms in total. The summed E-state index contributed by atoms with van der Waals surface area (Å²) in [6, 6.07) is 6.77. The number of nitrogens with two attached hydrogens (primary N) is 1. The molecule has 22 heavy (non-hydrogen) atoms. The zero-order valence-electron chi connectivity index (χ0n) is 12.7. The zero-order chi connectivity index (χ0) is 15.5. The van der Waals surface area contributed by atoms with Crippen LogP contribution in [-0.2, 0) is 10.0 Å². The van der Waals surface area contributed by atoms with Crippen LogP contribution in [0.2, 0.25) is 0 Å². The van der Waals surface area contributed by atoms with Crippen LogP contribution < -0.4 is 5.73 Å². The van der Waals surface area contributed by atoms with Crippen LogP contribution in [-0.4, -0.2) is 31.9 Å². The first kappa shape index (κ1) is 18.9. The number of hydrogen-bond acceptors (Lipinski definition) is 4. The van der Waals surface area contributed by atoms with Crippen LogP contribution in [0.4, 0.5) is 0 Å². The predicted octanol–water partition coefficient (Wildman–Crippen LogP) is 2.18.